The number of carbonyl (C=O) groups is 2. The number of aromatic nitrogens is 2. The molecule has 0 spiro atoms. The Balaban J connectivity index is 1.40. The van der Waals surface area contributed by atoms with Crippen molar-refractivity contribution >= 4 is 11.8 Å². The molecule has 2 aromatic carbocycles. The van der Waals surface area contributed by atoms with Crippen molar-refractivity contribution in [3.63, 3.8) is 0 Å². The van der Waals surface area contributed by atoms with E-state index < -0.39 is 0 Å². The van der Waals surface area contributed by atoms with Gasteiger partial charge in [0.05, 0.1) is 12.8 Å². The molecule has 0 unspecified atom stereocenters. The second kappa shape index (κ2) is 8.18. The summed E-state index contributed by atoms with van der Waals surface area (Å²) in [4.78, 5) is 28.9. The van der Waals surface area contributed by atoms with Crippen LogP contribution < -0.4 is 4.74 Å². The maximum atomic E-state index is 12.8. The van der Waals surface area contributed by atoms with E-state index in [2.05, 4.69) is 10.2 Å². The molecule has 2 amide bonds. The second-order valence-electron chi connectivity index (χ2n) is 6.85. The summed E-state index contributed by atoms with van der Waals surface area (Å²) >= 11 is 0. The lowest BCUT2D eigenvalue weighted by atomic mass is 10.1. The van der Waals surface area contributed by atoms with E-state index in [0.29, 0.717) is 43.1 Å². The maximum absolute atomic E-state index is 12.8. The Hall–Kier alpha value is -3.61. The van der Waals surface area contributed by atoms with Gasteiger partial charge in [-0.05, 0) is 30.3 Å². The first-order valence-corrected chi connectivity index (χ1v) is 9.49. The van der Waals surface area contributed by atoms with E-state index >= 15 is 0 Å². The summed E-state index contributed by atoms with van der Waals surface area (Å²) in [5, 5.41) is 7.10. The SMILES string of the molecule is COc1cccc(-c2cc(C(=O)N3CCN(C(=O)c4ccccc4)CC3)[nH]n2)c1. The first kappa shape index (κ1) is 18.7. The van der Waals surface area contributed by atoms with Gasteiger partial charge in [0.15, 0.2) is 0 Å². The topological polar surface area (TPSA) is 78.5 Å². The first-order valence-electron chi connectivity index (χ1n) is 9.49. The highest BCUT2D eigenvalue weighted by Gasteiger charge is 2.26. The molecule has 0 bridgehead atoms. The number of aromatic amines is 1. The number of benzene rings is 2. The number of carbonyl (C=O) groups excluding carboxylic acids is 2. The number of nitrogens with one attached hydrogen (secondary N) is 1. The Bertz CT molecular complexity index is 1010. The fourth-order valence-electron chi connectivity index (χ4n) is 3.41. The van der Waals surface area contributed by atoms with E-state index in [-0.39, 0.29) is 11.8 Å². The number of hydrogen-bond donors (Lipinski definition) is 1. The Morgan fingerprint density at radius 1 is 0.897 bits per heavy atom. The van der Waals surface area contributed by atoms with Crippen molar-refractivity contribution in [2.45, 2.75) is 0 Å². The molecule has 0 saturated carbocycles. The summed E-state index contributed by atoms with van der Waals surface area (Å²) in [6, 6.07) is 18.5. The Morgan fingerprint density at radius 2 is 1.59 bits per heavy atom. The molecule has 0 aliphatic carbocycles. The van der Waals surface area contributed by atoms with Crippen molar-refractivity contribution in [1.29, 1.82) is 0 Å². The molecule has 1 aliphatic rings. The van der Waals surface area contributed by atoms with Crippen molar-refractivity contribution in [1.82, 2.24) is 20.0 Å². The Kier molecular flexibility index (Phi) is 5.29. The molecular formula is C22H22N4O3. The molecule has 1 saturated heterocycles. The highest BCUT2D eigenvalue weighted by atomic mass is 16.5. The average molecular weight is 390 g/mol. The summed E-state index contributed by atoms with van der Waals surface area (Å²) in [6.45, 7) is 2.00. The summed E-state index contributed by atoms with van der Waals surface area (Å²) in [6.07, 6.45) is 0. The normalized spacial score (nSPS) is 14.0. The second-order valence-corrected chi connectivity index (χ2v) is 6.85. The summed E-state index contributed by atoms with van der Waals surface area (Å²) in [5.41, 5.74) is 2.66. The van der Waals surface area contributed by atoms with Crippen LogP contribution in [0.1, 0.15) is 20.8 Å². The van der Waals surface area contributed by atoms with Gasteiger partial charge in [-0.25, -0.2) is 0 Å². The van der Waals surface area contributed by atoms with Gasteiger partial charge in [-0.1, -0.05) is 30.3 Å². The number of ether oxygens (including phenoxy) is 1. The highest BCUT2D eigenvalue weighted by Crippen LogP contribution is 2.23. The molecule has 1 fully saturated rings. The van der Waals surface area contributed by atoms with Crippen LogP contribution >= 0.6 is 0 Å². The third kappa shape index (κ3) is 3.99. The van der Waals surface area contributed by atoms with E-state index in [1.54, 1.807) is 23.0 Å². The number of amides is 2. The van der Waals surface area contributed by atoms with Gasteiger partial charge in [0, 0.05) is 37.3 Å². The lowest BCUT2D eigenvalue weighted by Gasteiger charge is -2.34. The smallest absolute Gasteiger partial charge is 0.272 e. The lowest BCUT2D eigenvalue weighted by molar-refractivity contribution is 0.0532. The Labute approximate surface area is 168 Å². The highest BCUT2D eigenvalue weighted by molar-refractivity contribution is 5.95. The standard InChI is InChI=1S/C22H22N4O3/c1-29-18-9-5-8-17(14-18)19-15-20(24-23-19)22(28)26-12-10-25(11-13-26)21(27)16-6-3-2-4-7-16/h2-9,14-15H,10-13H2,1H3,(H,23,24). The number of methoxy groups -OCH3 is 1. The minimum Gasteiger partial charge on any atom is -0.497 e. The summed E-state index contributed by atoms with van der Waals surface area (Å²) < 4.78 is 5.24. The van der Waals surface area contributed by atoms with Crippen LogP contribution in [0.3, 0.4) is 0 Å². The van der Waals surface area contributed by atoms with Crippen molar-refractivity contribution in [3.05, 3.63) is 71.9 Å². The molecule has 1 aromatic heterocycles. The molecule has 1 N–H and O–H groups in total. The maximum Gasteiger partial charge on any atom is 0.272 e. The fourth-order valence-corrected chi connectivity index (χ4v) is 3.41. The van der Waals surface area contributed by atoms with Crippen LogP contribution in [0.5, 0.6) is 5.75 Å². The van der Waals surface area contributed by atoms with E-state index in [0.717, 1.165) is 11.3 Å². The van der Waals surface area contributed by atoms with E-state index in [4.69, 9.17) is 4.74 Å². The van der Waals surface area contributed by atoms with Gasteiger partial charge in [-0.3, -0.25) is 14.7 Å². The molecule has 29 heavy (non-hydrogen) atoms. The summed E-state index contributed by atoms with van der Waals surface area (Å²) in [7, 11) is 1.61. The van der Waals surface area contributed by atoms with Crippen LogP contribution in [0.2, 0.25) is 0 Å². The first-order chi connectivity index (χ1) is 14.2. The fraction of sp³-hybridized carbons (Fsp3) is 0.227. The van der Waals surface area contributed by atoms with Crippen LogP contribution in [0.4, 0.5) is 0 Å². The van der Waals surface area contributed by atoms with E-state index in [1.807, 2.05) is 54.6 Å². The molecule has 148 valence electrons. The molecule has 2 heterocycles. The monoisotopic (exact) mass is 390 g/mol. The molecule has 1 aliphatic heterocycles. The van der Waals surface area contributed by atoms with Gasteiger partial charge >= 0.3 is 0 Å². The minimum atomic E-state index is -0.113. The van der Waals surface area contributed by atoms with Gasteiger partial charge < -0.3 is 14.5 Å². The van der Waals surface area contributed by atoms with Gasteiger partial charge in [0.25, 0.3) is 11.8 Å². The zero-order chi connectivity index (χ0) is 20.2. The molecule has 0 atom stereocenters. The summed E-state index contributed by atoms with van der Waals surface area (Å²) in [5.74, 6) is 0.621. The van der Waals surface area contributed by atoms with Crippen molar-refractivity contribution in [2.75, 3.05) is 33.3 Å². The predicted octanol–water partition coefficient (Wildman–Crippen LogP) is 2.68. The number of rotatable bonds is 4. The van der Waals surface area contributed by atoms with Gasteiger partial charge in [0.2, 0.25) is 0 Å². The number of piperazine rings is 1. The van der Waals surface area contributed by atoms with Crippen LogP contribution in [0.15, 0.2) is 60.7 Å². The van der Waals surface area contributed by atoms with Gasteiger partial charge in [-0.15, -0.1) is 0 Å². The largest absolute Gasteiger partial charge is 0.497 e. The molecule has 7 nitrogen and oxygen atoms in total. The molecule has 3 aromatic rings. The zero-order valence-electron chi connectivity index (χ0n) is 16.2. The van der Waals surface area contributed by atoms with Gasteiger partial charge in [0.1, 0.15) is 11.4 Å². The van der Waals surface area contributed by atoms with Crippen LogP contribution in [-0.4, -0.2) is 65.1 Å². The van der Waals surface area contributed by atoms with Crippen molar-refractivity contribution in [2.24, 2.45) is 0 Å². The third-order valence-corrected chi connectivity index (χ3v) is 5.05. The molecular weight excluding hydrogens is 368 g/mol. The van der Waals surface area contributed by atoms with Gasteiger partial charge in [-0.2, -0.15) is 5.10 Å². The quantitative estimate of drug-likeness (QED) is 0.743. The van der Waals surface area contributed by atoms with Crippen molar-refractivity contribution < 1.29 is 14.3 Å². The van der Waals surface area contributed by atoms with Crippen molar-refractivity contribution in [3.8, 4) is 17.0 Å². The number of hydrogen-bond acceptors (Lipinski definition) is 4. The number of H-pyrrole nitrogens is 1. The molecule has 4 rings (SSSR count). The lowest BCUT2D eigenvalue weighted by Crippen LogP contribution is -2.50. The molecule has 7 heteroatoms. The molecule has 0 radical (unpaired) electrons. The third-order valence-electron chi connectivity index (χ3n) is 5.05. The minimum absolute atomic E-state index is 0.000416. The van der Waals surface area contributed by atoms with E-state index in [9.17, 15) is 9.59 Å². The Morgan fingerprint density at radius 3 is 2.28 bits per heavy atom. The van der Waals surface area contributed by atoms with Crippen LogP contribution in [0.25, 0.3) is 11.3 Å². The van der Waals surface area contributed by atoms with Crippen LogP contribution in [-0.2, 0) is 0 Å². The zero-order valence-corrected chi connectivity index (χ0v) is 16.2. The predicted molar refractivity (Wildman–Crippen MR) is 109 cm³/mol. The van der Waals surface area contributed by atoms with E-state index in [1.165, 1.54) is 0 Å². The average Bonchev–Trinajstić information content (AvgIpc) is 3.29. The number of nitrogens with zero attached hydrogens (tertiary/aromatic N) is 3. The van der Waals surface area contributed by atoms with Crippen LogP contribution in [0, 0.1) is 0 Å².